The lowest BCUT2D eigenvalue weighted by atomic mass is 9.83. The minimum absolute atomic E-state index is 0.0237. The maximum absolute atomic E-state index is 12.7. The highest BCUT2D eigenvalue weighted by Crippen LogP contribution is 2.29. The normalized spacial score (nSPS) is 12.3. The van der Waals surface area contributed by atoms with Crippen molar-refractivity contribution in [2.45, 2.75) is 0 Å². The van der Waals surface area contributed by atoms with E-state index < -0.39 is 5.97 Å². The molecule has 0 fully saturated rings. The van der Waals surface area contributed by atoms with Crippen molar-refractivity contribution >= 4 is 23.2 Å². The van der Waals surface area contributed by atoms with Crippen LogP contribution in [0.4, 0.5) is 5.69 Å². The SMILES string of the molecule is O=C(O)c1cccc(N=C2c3ccccc3C(=O)c3ccccc32)c1. The number of hydrogen-bond donors (Lipinski definition) is 1. The monoisotopic (exact) mass is 327 g/mol. The molecule has 4 heteroatoms. The molecule has 0 radical (unpaired) electrons. The molecule has 0 unspecified atom stereocenters. The molecule has 0 bridgehead atoms. The number of fused-ring (bicyclic) bond motifs is 2. The smallest absolute Gasteiger partial charge is 0.335 e. The van der Waals surface area contributed by atoms with Crippen LogP contribution < -0.4 is 0 Å². The summed E-state index contributed by atoms with van der Waals surface area (Å²) in [6.45, 7) is 0. The molecule has 3 aromatic rings. The Kier molecular flexibility index (Phi) is 3.51. The van der Waals surface area contributed by atoms with E-state index in [1.165, 1.54) is 12.1 Å². The number of rotatable bonds is 2. The quantitative estimate of drug-likeness (QED) is 0.603. The number of nitrogens with zero attached hydrogens (tertiary/aromatic N) is 1. The first-order chi connectivity index (χ1) is 12.1. The van der Waals surface area contributed by atoms with E-state index in [0.29, 0.717) is 22.5 Å². The average Bonchev–Trinajstić information content (AvgIpc) is 2.65. The second kappa shape index (κ2) is 5.83. The van der Waals surface area contributed by atoms with Crippen molar-refractivity contribution in [2.75, 3.05) is 0 Å². The second-order valence-corrected chi connectivity index (χ2v) is 5.74. The van der Waals surface area contributed by atoms with Crippen LogP contribution in [0.15, 0.2) is 77.8 Å². The molecule has 0 heterocycles. The summed E-state index contributed by atoms with van der Waals surface area (Å²) < 4.78 is 0. The van der Waals surface area contributed by atoms with Crippen LogP contribution in [0.2, 0.25) is 0 Å². The van der Waals surface area contributed by atoms with E-state index in [2.05, 4.69) is 4.99 Å². The number of carbonyl (C=O) groups excluding carboxylic acids is 1. The van der Waals surface area contributed by atoms with Crippen LogP contribution in [0.3, 0.4) is 0 Å². The molecule has 120 valence electrons. The molecule has 3 aromatic carbocycles. The second-order valence-electron chi connectivity index (χ2n) is 5.74. The molecule has 0 aliphatic heterocycles. The first-order valence-electron chi connectivity index (χ1n) is 7.81. The van der Waals surface area contributed by atoms with Crippen molar-refractivity contribution in [1.29, 1.82) is 0 Å². The first kappa shape index (κ1) is 15.0. The van der Waals surface area contributed by atoms with E-state index in [1.807, 2.05) is 36.4 Å². The molecular formula is C21H13NO3. The number of carbonyl (C=O) groups is 2. The van der Waals surface area contributed by atoms with Gasteiger partial charge in [-0.3, -0.25) is 4.79 Å². The van der Waals surface area contributed by atoms with E-state index in [4.69, 9.17) is 0 Å². The average molecular weight is 327 g/mol. The molecule has 0 saturated heterocycles. The fourth-order valence-corrected chi connectivity index (χ4v) is 3.02. The third-order valence-corrected chi connectivity index (χ3v) is 4.19. The van der Waals surface area contributed by atoms with Crippen LogP contribution in [0.1, 0.15) is 37.4 Å². The van der Waals surface area contributed by atoms with Crippen LogP contribution in [-0.2, 0) is 0 Å². The largest absolute Gasteiger partial charge is 0.478 e. The molecule has 1 aliphatic rings. The zero-order valence-electron chi connectivity index (χ0n) is 13.1. The molecule has 4 rings (SSSR count). The lowest BCUT2D eigenvalue weighted by Crippen LogP contribution is -2.21. The van der Waals surface area contributed by atoms with Gasteiger partial charge in [0.05, 0.1) is 17.0 Å². The number of ketones is 1. The van der Waals surface area contributed by atoms with E-state index in [9.17, 15) is 14.7 Å². The van der Waals surface area contributed by atoms with E-state index in [-0.39, 0.29) is 11.3 Å². The van der Waals surface area contributed by atoms with E-state index >= 15 is 0 Å². The van der Waals surface area contributed by atoms with Crippen molar-refractivity contribution in [3.63, 3.8) is 0 Å². The van der Waals surface area contributed by atoms with Gasteiger partial charge >= 0.3 is 5.97 Å². The number of carboxylic acid groups (broad SMARTS) is 1. The van der Waals surface area contributed by atoms with Gasteiger partial charge in [-0.25, -0.2) is 9.79 Å². The minimum atomic E-state index is -0.998. The van der Waals surface area contributed by atoms with Crippen molar-refractivity contribution in [1.82, 2.24) is 0 Å². The van der Waals surface area contributed by atoms with Crippen LogP contribution in [-0.4, -0.2) is 22.6 Å². The lowest BCUT2D eigenvalue weighted by molar-refractivity contribution is 0.0696. The molecule has 0 aromatic heterocycles. The summed E-state index contributed by atoms with van der Waals surface area (Å²) in [6, 6.07) is 21.2. The first-order valence-corrected chi connectivity index (χ1v) is 7.81. The number of aromatic carboxylic acids is 1. The van der Waals surface area contributed by atoms with Gasteiger partial charge in [0.2, 0.25) is 0 Å². The Bertz CT molecular complexity index is 999. The van der Waals surface area contributed by atoms with Gasteiger partial charge in [-0.1, -0.05) is 54.6 Å². The Morgan fingerprint density at radius 1 is 0.760 bits per heavy atom. The van der Waals surface area contributed by atoms with Gasteiger partial charge in [0.15, 0.2) is 5.78 Å². The fourth-order valence-electron chi connectivity index (χ4n) is 3.02. The predicted molar refractivity (Wildman–Crippen MR) is 95.0 cm³/mol. The van der Waals surface area contributed by atoms with Crippen LogP contribution in [0.25, 0.3) is 0 Å². The van der Waals surface area contributed by atoms with Crippen LogP contribution in [0.5, 0.6) is 0 Å². The third-order valence-electron chi connectivity index (χ3n) is 4.19. The van der Waals surface area contributed by atoms with Crippen molar-refractivity contribution in [2.24, 2.45) is 4.99 Å². The van der Waals surface area contributed by atoms with Gasteiger partial charge in [0.25, 0.3) is 0 Å². The molecule has 0 saturated carbocycles. The Labute approximate surface area is 144 Å². The molecule has 0 atom stereocenters. The molecule has 1 aliphatic carbocycles. The number of benzene rings is 3. The third kappa shape index (κ3) is 2.54. The Morgan fingerprint density at radius 2 is 1.32 bits per heavy atom. The molecule has 4 nitrogen and oxygen atoms in total. The number of aliphatic imine (C=N–C) groups is 1. The van der Waals surface area contributed by atoms with Crippen molar-refractivity contribution in [3.8, 4) is 0 Å². The highest BCUT2D eigenvalue weighted by atomic mass is 16.4. The van der Waals surface area contributed by atoms with Crippen LogP contribution >= 0.6 is 0 Å². The van der Waals surface area contributed by atoms with Gasteiger partial charge in [-0.05, 0) is 18.2 Å². The van der Waals surface area contributed by atoms with Gasteiger partial charge in [-0.15, -0.1) is 0 Å². The standard InChI is InChI=1S/C21H13NO3/c23-20-17-10-3-1-8-15(17)19(16-9-2-4-11-18(16)20)22-14-7-5-6-13(12-14)21(24)25/h1-12H,(H,24,25). The summed E-state index contributed by atoms with van der Waals surface area (Å²) in [5.74, 6) is -1.02. The lowest BCUT2D eigenvalue weighted by Gasteiger charge is -2.20. The van der Waals surface area contributed by atoms with Crippen molar-refractivity contribution in [3.05, 3.63) is 101 Å². The maximum atomic E-state index is 12.7. The van der Waals surface area contributed by atoms with Crippen LogP contribution in [0, 0.1) is 0 Å². The number of hydrogen-bond acceptors (Lipinski definition) is 3. The topological polar surface area (TPSA) is 66.7 Å². The fraction of sp³-hybridized carbons (Fsp3) is 0. The molecule has 1 N–H and O–H groups in total. The maximum Gasteiger partial charge on any atom is 0.335 e. The predicted octanol–water partition coefficient (Wildman–Crippen LogP) is 4.10. The Morgan fingerprint density at radius 3 is 1.88 bits per heavy atom. The number of carboxylic acids is 1. The zero-order chi connectivity index (χ0) is 17.4. The Balaban J connectivity index is 1.96. The van der Waals surface area contributed by atoms with E-state index in [1.54, 1.807) is 24.3 Å². The summed E-state index contributed by atoms with van der Waals surface area (Å²) in [4.78, 5) is 28.6. The highest BCUT2D eigenvalue weighted by molar-refractivity contribution is 6.30. The van der Waals surface area contributed by atoms with Gasteiger partial charge in [-0.2, -0.15) is 0 Å². The molecule has 25 heavy (non-hydrogen) atoms. The molecular weight excluding hydrogens is 314 g/mol. The van der Waals surface area contributed by atoms with Gasteiger partial charge in [0, 0.05) is 22.3 Å². The van der Waals surface area contributed by atoms with Crippen molar-refractivity contribution < 1.29 is 14.7 Å². The summed E-state index contributed by atoms with van der Waals surface area (Å²) >= 11 is 0. The Hall–Kier alpha value is -3.53. The summed E-state index contributed by atoms with van der Waals surface area (Å²) in [5.41, 5.74) is 4.11. The minimum Gasteiger partial charge on any atom is -0.478 e. The zero-order valence-corrected chi connectivity index (χ0v) is 13.1. The van der Waals surface area contributed by atoms with E-state index in [0.717, 1.165) is 11.1 Å². The summed E-state index contributed by atoms with van der Waals surface area (Å²) in [5, 5.41) is 9.17. The summed E-state index contributed by atoms with van der Waals surface area (Å²) in [7, 11) is 0. The van der Waals surface area contributed by atoms with Gasteiger partial charge in [0.1, 0.15) is 0 Å². The molecule has 0 spiro atoms. The highest BCUT2D eigenvalue weighted by Gasteiger charge is 2.27. The summed E-state index contributed by atoms with van der Waals surface area (Å²) in [6.07, 6.45) is 0. The van der Waals surface area contributed by atoms with Gasteiger partial charge < -0.3 is 5.11 Å². The molecule has 0 amide bonds.